The molecule has 1 aliphatic rings. The summed E-state index contributed by atoms with van der Waals surface area (Å²) in [6, 6.07) is 1.70. The Hall–Kier alpha value is -1.62. The summed E-state index contributed by atoms with van der Waals surface area (Å²) in [5, 5.41) is 9.40. The molecule has 0 unspecified atom stereocenters. The number of rotatable bonds is 1. The third-order valence-electron chi connectivity index (χ3n) is 3.05. The average Bonchev–Trinajstić information content (AvgIpc) is 2.29. The highest BCUT2D eigenvalue weighted by atomic mass is 16.3. The number of anilines is 1. The van der Waals surface area contributed by atoms with Gasteiger partial charge in [0, 0.05) is 30.7 Å². The molecule has 1 aromatic heterocycles. The molecule has 0 bridgehead atoms. The lowest BCUT2D eigenvalue weighted by Gasteiger charge is -2.29. The smallest absolute Gasteiger partial charge is 0.257 e. The molecule has 5 heteroatoms. The predicted molar refractivity (Wildman–Crippen MR) is 64.5 cm³/mol. The van der Waals surface area contributed by atoms with Crippen molar-refractivity contribution in [3.8, 4) is 0 Å². The number of piperidine rings is 1. The summed E-state index contributed by atoms with van der Waals surface area (Å²) in [5.41, 5.74) is 7.54. The molecular formula is C12H17N3O2. The lowest BCUT2D eigenvalue weighted by atomic mass is 10.1. The molecule has 17 heavy (non-hydrogen) atoms. The van der Waals surface area contributed by atoms with E-state index in [-0.39, 0.29) is 12.0 Å². The van der Waals surface area contributed by atoms with E-state index in [2.05, 4.69) is 4.98 Å². The molecule has 1 fully saturated rings. The lowest BCUT2D eigenvalue weighted by molar-refractivity contribution is 0.0547. The van der Waals surface area contributed by atoms with Crippen LogP contribution in [0, 0.1) is 6.92 Å². The van der Waals surface area contributed by atoms with Gasteiger partial charge in [0.15, 0.2) is 0 Å². The van der Waals surface area contributed by atoms with Crippen LogP contribution in [0.1, 0.15) is 28.9 Å². The Morgan fingerprint density at radius 2 is 2.18 bits per heavy atom. The molecule has 1 amide bonds. The number of aromatic nitrogens is 1. The first-order valence-corrected chi connectivity index (χ1v) is 5.77. The number of nitrogens with two attached hydrogens (primary N) is 1. The van der Waals surface area contributed by atoms with Gasteiger partial charge in [-0.3, -0.25) is 9.78 Å². The zero-order chi connectivity index (χ0) is 12.4. The van der Waals surface area contributed by atoms with Crippen molar-refractivity contribution in [1.29, 1.82) is 0 Å². The first-order chi connectivity index (χ1) is 8.08. The van der Waals surface area contributed by atoms with E-state index in [4.69, 9.17) is 5.73 Å². The summed E-state index contributed by atoms with van der Waals surface area (Å²) in [4.78, 5) is 18.0. The van der Waals surface area contributed by atoms with Crippen LogP contribution in [-0.2, 0) is 0 Å². The molecule has 1 aromatic rings. The zero-order valence-electron chi connectivity index (χ0n) is 9.89. The number of hydrogen-bond acceptors (Lipinski definition) is 4. The summed E-state index contributed by atoms with van der Waals surface area (Å²) in [7, 11) is 0. The number of aliphatic hydroxyl groups is 1. The van der Waals surface area contributed by atoms with Crippen molar-refractivity contribution in [3.05, 3.63) is 23.5 Å². The van der Waals surface area contributed by atoms with Crippen LogP contribution >= 0.6 is 0 Å². The van der Waals surface area contributed by atoms with Gasteiger partial charge in [-0.25, -0.2) is 0 Å². The van der Waals surface area contributed by atoms with Gasteiger partial charge in [0.05, 0.1) is 11.7 Å². The van der Waals surface area contributed by atoms with E-state index >= 15 is 0 Å². The molecule has 0 aliphatic carbocycles. The maximum Gasteiger partial charge on any atom is 0.257 e. The minimum absolute atomic E-state index is 0.0955. The summed E-state index contributed by atoms with van der Waals surface area (Å²) in [5.74, 6) is -0.0955. The number of aryl methyl sites for hydroxylation is 1. The fourth-order valence-electron chi connectivity index (χ4n) is 2.00. The van der Waals surface area contributed by atoms with Crippen molar-refractivity contribution in [1.82, 2.24) is 9.88 Å². The summed E-state index contributed by atoms with van der Waals surface area (Å²) in [6.45, 7) is 2.99. The van der Waals surface area contributed by atoms with E-state index in [0.717, 1.165) is 5.69 Å². The predicted octanol–water partition coefficient (Wildman–Crippen LogP) is 0.569. The van der Waals surface area contributed by atoms with Crippen LogP contribution in [0.25, 0.3) is 0 Å². The lowest BCUT2D eigenvalue weighted by Crippen LogP contribution is -2.40. The number of carbonyl (C=O) groups is 1. The highest BCUT2D eigenvalue weighted by Crippen LogP contribution is 2.17. The fraction of sp³-hybridized carbons (Fsp3) is 0.500. The summed E-state index contributed by atoms with van der Waals surface area (Å²) >= 11 is 0. The average molecular weight is 235 g/mol. The van der Waals surface area contributed by atoms with Gasteiger partial charge >= 0.3 is 0 Å². The first kappa shape index (κ1) is 11.9. The Labute approximate surface area is 100 Å². The van der Waals surface area contributed by atoms with Gasteiger partial charge in [-0.05, 0) is 25.8 Å². The minimum Gasteiger partial charge on any atom is -0.398 e. The molecule has 0 spiro atoms. The number of nitrogen functional groups attached to an aromatic ring is 1. The second-order valence-electron chi connectivity index (χ2n) is 4.44. The van der Waals surface area contributed by atoms with E-state index in [1.54, 1.807) is 11.0 Å². The molecule has 2 heterocycles. The summed E-state index contributed by atoms with van der Waals surface area (Å²) in [6.07, 6.45) is 2.50. The van der Waals surface area contributed by atoms with Crippen molar-refractivity contribution >= 4 is 11.6 Å². The van der Waals surface area contributed by atoms with E-state index in [1.807, 2.05) is 6.92 Å². The third-order valence-corrected chi connectivity index (χ3v) is 3.05. The van der Waals surface area contributed by atoms with Crippen molar-refractivity contribution in [2.45, 2.75) is 25.9 Å². The number of carbonyl (C=O) groups excluding carboxylic acids is 1. The second-order valence-corrected chi connectivity index (χ2v) is 4.44. The van der Waals surface area contributed by atoms with Gasteiger partial charge in [0.2, 0.25) is 0 Å². The number of nitrogens with zero attached hydrogens (tertiary/aromatic N) is 2. The number of amides is 1. The van der Waals surface area contributed by atoms with Crippen molar-refractivity contribution < 1.29 is 9.90 Å². The van der Waals surface area contributed by atoms with E-state index in [9.17, 15) is 9.90 Å². The normalized spacial score (nSPS) is 17.2. The van der Waals surface area contributed by atoms with E-state index < -0.39 is 0 Å². The highest BCUT2D eigenvalue weighted by Gasteiger charge is 2.23. The minimum atomic E-state index is -0.285. The maximum absolute atomic E-state index is 12.2. The molecule has 0 saturated carbocycles. The van der Waals surface area contributed by atoms with E-state index in [0.29, 0.717) is 37.2 Å². The van der Waals surface area contributed by atoms with Crippen LogP contribution in [0.5, 0.6) is 0 Å². The summed E-state index contributed by atoms with van der Waals surface area (Å²) < 4.78 is 0. The highest BCUT2D eigenvalue weighted by molar-refractivity contribution is 5.98. The Morgan fingerprint density at radius 1 is 1.53 bits per heavy atom. The van der Waals surface area contributed by atoms with Crippen LogP contribution in [0.4, 0.5) is 5.69 Å². The van der Waals surface area contributed by atoms with Gasteiger partial charge < -0.3 is 15.7 Å². The molecule has 0 atom stereocenters. The Morgan fingerprint density at radius 3 is 2.76 bits per heavy atom. The molecule has 92 valence electrons. The van der Waals surface area contributed by atoms with Gasteiger partial charge in [-0.2, -0.15) is 0 Å². The molecule has 5 nitrogen and oxygen atoms in total. The molecular weight excluding hydrogens is 218 g/mol. The number of hydrogen-bond donors (Lipinski definition) is 2. The van der Waals surface area contributed by atoms with Gasteiger partial charge in [0.25, 0.3) is 5.91 Å². The number of aliphatic hydroxyl groups excluding tert-OH is 1. The molecule has 1 saturated heterocycles. The molecule has 0 radical (unpaired) electrons. The van der Waals surface area contributed by atoms with Crippen molar-refractivity contribution in [2.24, 2.45) is 0 Å². The first-order valence-electron chi connectivity index (χ1n) is 5.77. The topological polar surface area (TPSA) is 79.5 Å². The largest absolute Gasteiger partial charge is 0.398 e. The molecule has 1 aliphatic heterocycles. The Bertz CT molecular complexity index is 426. The SMILES string of the molecule is Cc1cc(N)c(C(=O)N2CCC(O)CC2)cn1. The standard InChI is InChI=1S/C12H17N3O2/c1-8-6-11(13)10(7-14-8)12(17)15-4-2-9(16)3-5-15/h6-7,9,16H,2-5H2,1H3,(H2,13,14). The van der Waals surface area contributed by atoms with Crippen molar-refractivity contribution in [3.63, 3.8) is 0 Å². The number of likely N-dealkylation sites (tertiary alicyclic amines) is 1. The van der Waals surface area contributed by atoms with Gasteiger partial charge in [-0.1, -0.05) is 0 Å². The monoisotopic (exact) mass is 235 g/mol. The zero-order valence-corrected chi connectivity index (χ0v) is 9.89. The molecule has 2 rings (SSSR count). The van der Waals surface area contributed by atoms with Crippen LogP contribution < -0.4 is 5.73 Å². The van der Waals surface area contributed by atoms with Crippen LogP contribution in [-0.4, -0.2) is 40.1 Å². The van der Waals surface area contributed by atoms with Crippen LogP contribution in [0.2, 0.25) is 0 Å². The van der Waals surface area contributed by atoms with Crippen LogP contribution in [0.15, 0.2) is 12.3 Å². The maximum atomic E-state index is 12.2. The Balaban J connectivity index is 2.14. The molecule has 0 aromatic carbocycles. The molecule has 3 N–H and O–H groups in total. The van der Waals surface area contributed by atoms with Crippen molar-refractivity contribution in [2.75, 3.05) is 18.8 Å². The Kier molecular flexibility index (Phi) is 3.28. The van der Waals surface area contributed by atoms with Crippen LogP contribution in [0.3, 0.4) is 0 Å². The van der Waals surface area contributed by atoms with Gasteiger partial charge in [-0.15, -0.1) is 0 Å². The fourth-order valence-corrected chi connectivity index (χ4v) is 2.00. The van der Waals surface area contributed by atoms with E-state index in [1.165, 1.54) is 6.20 Å². The van der Waals surface area contributed by atoms with Gasteiger partial charge in [0.1, 0.15) is 0 Å². The number of pyridine rings is 1. The second kappa shape index (κ2) is 4.71. The quantitative estimate of drug-likeness (QED) is 0.745. The third kappa shape index (κ3) is 2.55.